The number of rotatable bonds is 6. The van der Waals surface area contributed by atoms with Crippen LogP contribution in [-0.2, 0) is 16.6 Å². The van der Waals surface area contributed by atoms with Crippen LogP contribution in [0.15, 0.2) is 48.5 Å². The largest absolute Gasteiger partial charge is 0.497 e. The van der Waals surface area contributed by atoms with Gasteiger partial charge in [0, 0.05) is 13.1 Å². The molecule has 1 unspecified atom stereocenters. The van der Waals surface area contributed by atoms with Gasteiger partial charge in [0.2, 0.25) is 0 Å². The number of benzene rings is 2. The Morgan fingerprint density at radius 1 is 1.20 bits per heavy atom. The molecular weight excluding hydrogens is 336 g/mol. The summed E-state index contributed by atoms with van der Waals surface area (Å²) < 4.78 is 35.4. The maximum absolute atomic E-state index is 12.9. The van der Waals surface area contributed by atoms with Gasteiger partial charge >= 0.3 is 0 Å². The van der Waals surface area contributed by atoms with E-state index in [4.69, 9.17) is 4.74 Å². The van der Waals surface area contributed by atoms with Crippen molar-refractivity contribution in [2.45, 2.75) is 25.8 Å². The molecule has 0 fully saturated rings. The highest BCUT2D eigenvalue weighted by atomic mass is 32.2. The Morgan fingerprint density at radius 3 is 2.64 bits per heavy atom. The zero-order valence-electron chi connectivity index (χ0n) is 14.6. The number of hydrogen-bond donors (Lipinski definition) is 1. The van der Waals surface area contributed by atoms with Crippen molar-refractivity contribution in [2.24, 2.45) is 0 Å². The molecule has 1 aliphatic heterocycles. The first-order chi connectivity index (χ1) is 12.1. The summed E-state index contributed by atoms with van der Waals surface area (Å²) in [6.45, 7) is 2.84. The Bertz CT molecular complexity index is 822. The Labute approximate surface area is 149 Å². The van der Waals surface area contributed by atoms with Crippen molar-refractivity contribution in [3.05, 3.63) is 65.2 Å². The molecule has 1 atom stereocenters. The Kier molecular flexibility index (Phi) is 5.42. The van der Waals surface area contributed by atoms with E-state index < -0.39 is 10.2 Å². The van der Waals surface area contributed by atoms with Crippen molar-refractivity contribution < 1.29 is 13.2 Å². The average Bonchev–Trinajstić information content (AvgIpc) is 2.65. The van der Waals surface area contributed by atoms with E-state index in [0.717, 1.165) is 28.9 Å². The van der Waals surface area contributed by atoms with Gasteiger partial charge < -0.3 is 4.74 Å². The highest BCUT2D eigenvalue weighted by Crippen LogP contribution is 2.38. The SMILES string of the molecule is CCCNS(=O)(=O)N1CCc2ccc(OC)cc2C1c1ccccc1. The summed E-state index contributed by atoms with van der Waals surface area (Å²) in [5.41, 5.74) is 3.11. The maximum atomic E-state index is 12.9. The molecule has 0 amide bonds. The van der Waals surface area contributed by atoms with Gasteiger partial charge in [-0.15, -0.1) is 0 Å². The summed E-state index contributed by atoms with van der Waals surface area (Å²) in [7, 11) is -1.94. The van der Waals surface area contributed by atoms with Crippen LogP contribution in [0, 0.1) is 0 Å². The zero-order valence-corrected chi connectivity index (χ0v) is 15.4. The number of nitrogens with zero attached hydrogens (tertiary/aromatic N) is 1. The molecule has 1 N–H and O–H groups in total. The highest BCUT2D eigenvalue weighted by Gasteiger charge is 2.36. The van der Waals surface area contributed by atoms with E-state index in [1.165, 1.54) is 0 Å². The number of fused-ring (bicyclic) bond motifs is 1. The molecule has 0 saturated carbocycles. The molecule has 0 aromatic heterocycles. The van der Waals surface area contributed by atoms with Crippen molar-refractivity contribution >= 4 is 10.2 Å². The number of ether oxygens (including phenoxy) is 1. The van der Waals surface area contributed by atoms with Gasteiger partial charge in [-0.25, -0.2) is 4.72 Å². The van der Waals surface area contributed by atoms with Gasteiger partial charge in [0.1, 0.15) is 5.75 Å². The third kappa shape index (κ3) is 3.71. The summed E-state index contributed by atoms with van der Waals surface area (Å²) in [5.74, 6) is 0.737. The first-order valence-electron chi connectivity index (χ1n) is 8.55. The second-order valence-corrected chi connectivity index (χ2v) is 7.85. The lowest BCUT2D eigenvalue weighted by Crippen LogP contribution is -2.46. The molecule has 6 heteroatoms. The van der Waals surface area contributed by atoms with Gasteiger partial charge in [0.05, 0.1) is 13.2 Å². The molecule has 1 aliphatic rings. The third-order valence-corrected chi connectivity index (χ3v) is 6.08. The first-order valence-corrected chi connectivity index (χ1v) is 9.99. The van der Waals surface area contributed by atoms with Crippen LogP contribution in [-0.4, -0.2) is 32.9 Å². The van der Waals surface area contributed by atoms with Crippen LogP contribution in [0.4, 0.5) is 0 Å². The molecule has 134 valence electrons. The summed E-state index contributed by atoms with van der Waals surface area (Å²) in [6, 6.07) is 15.3. The van der Waals surface area contributed by atoms with Gasteiger partial charge in [-0.2, -0.15) is 12.7 Å². The van der Waals surface area contributed by atoms with Crippen molar-refractivity contribution in [3.8, 4) is 5.75 Å². The van der Waals surface area contributed by atoms with E-state index in [1.54, 1.807) is 11.4 Å². The second kappa shape index (κ2) is 7.56. The van der Waals surface area contributed by atoms with E-state index in [9.17, 15) is 8.42 Å². The molecular formula is C19H24N2O3S. The summed E-state index contributed by atoms with van der Waals surface area (Å²) in [6.07, 6.45) is 1.45. The molecule has 5 nitrogen and oxygen atoms in total. The first kappa shape index (κ1) is 17.9. The van der Waals surface area contributed by atoms with Crippen LogP contribution in [0.1, 0.15) is 36.1 Å². The van der Waals surface area contributed by atoms with Crippen LogP contribution in [0.5, 0.6) is 5.75 Å². The predicted molar refractivity (Wildman–Crippen MR) is 98.9 cm³/mol. The number of hydrogen-bond acceptors (Lipinski definition) is 3. The van der Waals surface area contributed by atoms with Crippen LogP contribution in [0.25, 0.3) is 0 Å². The Hall–Kier alpha value is -1.89. The molecule has 0 saturated heterocycles. The smallest absolute Gasteiger partial charge is 0.280 e. The van der Waals surface area contributed by atoms with Gasteiger partial charge in [-0.05, 0) is 41.7 Å². The van der Waals surface area contributed by atoms with Crippen molar-refractivity contribution in [1.29, 1.82) is 0 Å². The lowest BCUT2D eigenvalue weighted by molar-refractivity contribution is 0.336. The fourth-order valence-corrected chi connectivity index (χ4v) is 4.72. The molecule has 0 radical (unpaired) electrons. The number of nitrogens with one attached hydrogen (secondary N) is 1. The molecule has 2 aromatic carbocycles. The molecule has 2 aromatic rings. The minimum atomic E-state index is -3.56. The lowest BCUT2D eigenvalue weighted by atomic mass is 9.89. The fourth-order valence-electron chi connectivity index (χ4n) is 3.25. The van der Waals surface area contributed by atoms with E-state index in [2.05, 4.69) is 4.72 Å². The predicted octanol–water partition coefficient (Wildman–Crippen LogP) is 2.89. The third-order valence-electron chi connectivity index (χ3n) is 4.50. The minimum absolute atomic E-state index is 0.352. The van der Waals surface area contributed by atoms with Crippen molar-refractivity contribution in [3.63, 3.8) is 0 Å². The van der Waals surface area contributed by atoms with Gasteiger partial charge in [-0.3, -0.25) is 0 Å². The van der Waals surface area contributed by atoms with Crippen LogP contribution in [0.2, 0.25) is 0 Å². The van der Waals surface area contributed by atoms with Gasteiger partial charge in [-0.1, -0.05) is 43.3 Å². The Morgan fingerprint density at radius 2 is 1.96 bits per heavy atom. The summed E-state index contributed by atoms with van der Waals surface area (Å²) in [4.78, 5) is 0. The lowest BCUT2D eigenvalue weighted by Gasteiger charge is -2.36. The molecule has 0 bridgehead atoms. The van der Waals surface area contributed by atoms with E-state index in [-0.39, 0.29) is 6.04 Å². The molecule has 25 heavy (non-hydrogen) atoms. The van der Waals surface area contributed by atoms with Crippen molar-refractivity contribution in [1.82, 2.24) is 9.03 Å². The standard InChI is InChI=1S/C19H24N2O3S/c1-3-12-20-25(22,23)21-13-11-15-9-10-17(24-2)14-18(15)19(21)16-7-5-4-6-8-16/h4-10,14,19-20H,3,11-13H2,1-2H3. The average molecular weight is 360 g/mol. The number of methoxy groups -OCH3 is 1. The normalized spacial score (nSPS) is 17.9. The second-order valence-electron chi connectivity index (χ2n) is 6.14. The summed E-state index contributed by atoms with van der Waals surface area (Å²) in [5, 5.41) is 0. The molecule has 1 heterocycles. The Balaban J connectivity index is 2.10. The van der Waals surface area contributed by atoms with Gasteiger partial charge in [0.15, 0.2) is 0 Å². The zero-order chi connectivity index (χ0) is 17.9. The van der Waals surface area contributed by atoms with E-state index in [1.807, 2.05) is 55.5 Å². The van der Waals surface area contributed by atoms with Crippen molar-refractivity contribution in [2.75, 3.05) is 20.2 Å². The van der Waals surface area contributed by atoms with E-state index >= 15 is 0 Å². The quantitative estimate of drug-likeness (QED) is 0.862. The fraction of sp³-hybridized carbons (Fsp3) is 0.368. The summed E-state index contributed by atoms with van der Waals surface area (Å²) >= 11 is 0. The maximum Gasteiger partial charge on any atom is 0.280 e. The molecule has 3 rings (SSSR count). The van der Waals surface area contributed by atoms with Crippen LogP contribution >= 0.6 is 0 Å². The molecule has 0 aliphatic carbocycles. The molecule has 0 spiro atoms. The highest BCUT2D eigenvalue weighted by molar-refractivity contribution is 7.87. The van der Waals surface area contributed by atoms with Gasteiger partial charge in [0.25, 0.3) is 10.2 Å². The minimum Gasteiger partial charge on any atom is -0.497 e. The monoisotopic (exact) mass is 360 g/mol. The van der Waals surface area contributed by atoms with E-state index in [0.29, 0.717) is 19.5 Å². The van der Waals surface area contributed by atoms with Crippen LogP contribution < -0.4 is 9.46 Å². The van der Waals surface area contributed by atoms with Crippen LogP contribution in [0.3, 0.4) is 0 Å². The topological polar surface area (TPSA) is 58.6 Å².